The van der Waals surface area contributed by atoms with E-state index in [9.17, 15) is 0 Å². The van der Waals surface area contributed by atoms with Gasteiger partial charge in [0.05, 0.1) is 0 Å². The lowest BCUT2D eigenvalue weighted by atomic mass is 9.74. The van der Waals surface area contributed by atoms with E-state index in [1.807, 2.05) is 12.2 Å². The molecule has 1 rings (SSSR count). The number of nitrogens with zero attached hydrogens (tertiary/aromatic N) is 1. The largest absolute Gasteiger partial charge is 0.316 e. The van der Waals surface area contributed by atoms with E-state index in [2.05, 4.69) is 37.2 Å². The van der Waals surface area contributed by atoms with E-state index >= 15 is 0 Å². The van der Waals surface area contributed by atoms with Gasteiger partial charge in [-0.1, -0.05) is 26.0 Å². The van der Waals surface area contributed by atoms with Crippen molar-refractivity contribution in [2.24, 2.45) is 11.3 Å². The van der Waals surface area contributed by atoms with E-state index < -0.39 is 0 Å². The molecule has 0 aromatic carbocycles. The predicted octanol–water partition coefficient (Wildman–Crippen LogP) is 2.69. The van der Waals surface area contributed by atoms with Crippen molar-refractivity contribution in [2.75, 3.05) is 32.7 Å². The summed E-state index contributed by atoms with van der Waals surface area (Å²) >= 11 is 0. The minimum atomic E-state index is 0.361. The highest BCUT2D eigenvalue weighted by Crippen LogP contribution is 2.32. The van der Waals surface area contributed by atoms with Gasteiger partial charge in [0.2, 0.25) is 0 Å². The molecule has 1 atom stereocenters. The summed E-state index contributed by atoms with van der Waals surface area (Å²) < 4.78 is 0. The average Bonchev–Trinajstić information content (AvgIpc) is 2.30. The highest BCUT2D eigenvalue weighted by atomic mass is 15.1. The quantitative estimate of drug-likeness (QED) is 0.684. The van der Waals surface area contributed by atoms with Crippen molar-refractivity contribution < 1.29 is 0 Å². The zero-order valence-corrected chi connectivity index (χ0v) is 11.5. The fourth-order valence-corrected chi connectivity index (χ4v) is 2.79. The van der Waals surface area contributed by atoms with Gasteiger partial charge in [0.1, 0.15) is 0 Å². The monoisotopic (exact) mass is 236 g/mol. The third kappa shape index (κ3) is 4.64. The van der Waals surface area contributed by atoms with Crippen LogP contribution in [0.4, 0.5) is 0 Å². The van der Waals surface area contributed by atoms with Crippen molar-refractivity contribution in [1.82, 2.24) is 10.2 Å². The zero-order valence-electron chi connectivity index (χ0n) is 11.5. The molecule has 1 aliphatic heterocycles. The first-order valence-electron chi connectivity index (χ1n) is 6.75. The molecule has 0 radical (unpaired) electrons. The second-order valence-corrected chi connectivity index (χ2v) is 5.80. The van der Waals surface area contributed by atoms with Crippen molar-refractivity contribution in [1.29, 1.82) is 0 Å². The summed E-state index contributed by atoms with van der Waals surface area (Å²) in [6.45, 7) is 17.8. The Morgan fingerprint density at radius 2 is 1.94 bits per heavy atom. The van der Waals surface area contributed by atoms with Crippen LogP contribution < -0.4 is 5.32 Å². The molecule has 2 heteroatoms. The summed E-state index contributed by atoms with van der Waals surface area (Å²) in [5.41, 5.74) is 0.361. The van der Waals surface area contributed by atoms with Crippen LogP contribution in [0.3, 0.4) is 0 Å². The van der Waals surface area contributed by atoms with Crippen molar-refractivity contribution >= 4 is 0 Å². The van der Waals surface area contributed by atoms with Gasteiger partial charge in [0.25, 0.3) is 0 Å². The molecule has 0 aliphatic carbocycles. The molecule has 17 heavy (non-hydrogen) atoms. The van der Waals surface area contributed by atoms with Gasteiger partial charge >= 0.3 is 0 Å². The van der Waals surface area contributed by atoms with Gasteiger partial charge in [-0.2, -0.15) is 0 Å². The number of piperidine rings is 1. The second-order valence-electron chi connectivity index (χ2n) is 5.80. The lowest BCUT2D eigenvalue weighted by Crippen LogP contribution is -2.44. The Hall–Kier alpha value is -0.600. The summed E-state index contributed by atoms with van der Waals surface area (Å²) in [6.07, 6.45) is 6.64. The van der Waals surface area contributed by atoms with Gasteiger partial charge in [-0.25, -0.2) is 0 Å². The smallest absolute Gasteiger partial charge is 0.0164 e. The fourth-order valence-electron chi connectivity index (χ4n) is 2.79. The van der Waals surface area contributed by atoms with E-state index in [1.54, 1.807) is 0 Å². The lowest BCUT2D eigenvalue weighted by molar-refractivity contribution is 0.113. The van der Waals surface area contributed by atoms with Crippen LogP contribution in [0.5, 0.6) is 0 Å². The van der Waals surface area contributed by atoms with Crippen molar-refractivity contribution in [3.8, 4) is 0 Å². The Bertz CT molecular complexity index is 229. The SMILES string of the molecule is C=CCN(CC=C)CC(C)(C)C1CCCNC1. The first-order valence-corrected chi connectivity index (χ1v) is 6.75. The summed E-state index contributed by atoms with van der Waals surface area (Å²) in [5, 5.41) is 3.52. The normalized spacial score (nSPS) is 21.5. The molecule has 1 saturated heterocycles. The molecule has 1 unspecified atom stereocenters. The molecule has 0 saturated carbocycles. The van der Waals surface area contributed by atoms with E-state index in [1.165, 1.54) is 25.9 Å². The molecular formula is C15H28N2. The molecule has 1 fully saturated rings. The van der Waals surface area contributed by atoms with E-state index in [0.29, 0.717) is 5.41 Å². The van der Waals surface area contributed by atoms with Crippen LogP contribution in [-0.4, -0.2) is 37.6 Å². The molecule has 0 bridgehead atoms. The predicted molar refractivity (Wildman–Crippen MR) is 76.2 cm³/mol. The first-order chi connectivity index (χ1) is 8.10. The first kappa shape index (κ1) is 14.5. The average molecular weight is 236 g/mol. The van der Waals surface area contributed by atoms with Crippen LogP contribution in [0, 0.1) is 11.3 Å². The van der Waals surface area contributed by atoms with Crippen LogP contribution in [0.25, 0.3) is 0 Å². The molecule has 1 aliphatic rings. The van der Waals surface area contributed by atoms with Crippen molar-refractivity contribution in [3.63, 3.8) is 0 Å². The standard InChI is InChI=1S/C15H28N2/c1-5-10-17(11-6-2)13-15(3,4)14-8-7-9-16-12-14/h5-6,14,16H,1-2,7-13H2,3-4H3. The molecule has 2 nitrogen and oxygen atoms in total. The Morgan fingerprint density at radius 3 is 2.41 bits per heavy atom. The lowest BCUT2D eigenvalue weighted by Gasteiger charge is -2.40. The Morgan fingerprint density at radius 1 is 1.29 bits per heavy atom. The molecule has 1 N–H and O–H groups in total. The molecule has 0 spiro atoms. The molecule has 1 heterocycles. The van der Waals surface area contributed by atoms with E-state index in [0.717, 1.165) is 25.6 Å². The zero-order chi connectivity index (χ0) is 12.7. The molecular weight excluding hydrogens is 208 g/mol. The fraction of sp³-hybridized carbons (Fsp3) is 0.733. The summed E-state index contributed by atoms with van der Waals surface area (Å²) in [5.74, 6) is 0.786. The second kappa shape index (κ2) is 6.97. The number of rotatable bonds is 7. The van der Waals surface area contributed by atoms with E-state index in [4.69, 9.17) is 0 Å². The molecule has 0 amide bonds. The maximum Gasteiger partial charge on any atom is 0.0164 e. The van der Waals surface area contributed by atoms with Crippen molar-refractivity contribution in [2.45, 2.75) is 26.7 Å². The highest BCUT2D eigenvalue weighted by molar-refractivity contribution is 4.89. The Kier molecular flexibility index (Phi) is 5.93. The molecule has 98 valence electrons. The van der Waals surface area contributed by atoms with Crippen LogP contribution in [0.1, 0.15) is 26.7 Å². The Balaban J connectivity index is 2.54. The maximum absolute atomic E-state index is 3.84. The topological polar surface area (TPSA) is 15.3 Å². The number of hydrogen-bond acceptors (Lipinski definition) is 2. The van der Waals surface area contributed by atoms with Crippen LogP contribution >= 0.6 is 0 Å². The number of nitrogens with one attached hydrogen (secondary N) is 1. The Labute approximate surface area is 107 Å². The van der Waals surface area contributed by atoms with Gasteiger partial charge in [0.15, 0.2) is 0 Å². The van der Waals surface area contributed by atoms with Gasteiger partial charge < -0.3 is 5.32 Å². The van der Waals surface area contributed by atoms with Crippen LogP contribution in [0.2, 0.25) is 0 Å². The minimum Gasteiger partial charge on any atom is -0.316 e. The summed E-state index contributed by atoms with van der Waals surface area (Å²) in [7, 11) is 0. The number of hydrogen-bond donors (Lipinski definition) is 1. The van der Waals surface area contributed by atoms with Gasteiger partial charge in [-0.15, -0.1) is 13.2 Å². The molecule has 0 aromatic heterocycles. The van der Waals surface area contributed by atoms with Gasteiger partial charge in [0, 0.05) is 19.6 Å². The molecule has 0 aromatic rings. The highest BCUT2D eigenvalue weighted by Gasteiger charge is 2.31. The van der Waals surface area contributed by atoms with Crippen LogP contribution in [0.15, 0.2) is 25.3 Å². The van der Waals surface area contributed by atoms with Crippen molar-refractivity contribution in [3.05, 3.63) is 25.3 Å². The third-order valence-electron chi connectivity index (χ3n) is 3.81. The summed E-state index contributed by atoms with van der Waals surface area (Å²) in [6, 6.07) is 0. The summed E-state index contributed by atoms with van der Waals surface area (Å²) in [4.78, 5) is 2.43. The minimum absolute atomic E-state index is 0.361. The van der Waals surface area contributed by atoms with Crippen LogP contribution in [-0.2, 0) is 0 Å². The van der Waals surface area contributed by atoms with E-state index in [-0.39, 0.29) is 0 Å². The van der Waals surface area contributed by atoms with Gasteiger partial charge in [-0.3, -0.25) is 4.90 Å². The van der Waals surface area contributed by atoms with Gasteiger partial charge in [-0.05, 0) is 37.3 Å². The third-order valence-corrected chi connectivity index (χ3v) is 3.81. The maximum atomic E-state index is 3.84.